The first-order valence-corrected chi connectivity index (χ1v) is 8.68. The molecule has 0 aliphatic rings. The van der Waals surface area contributed by atoms with Crippen LogP contribution in [0.5, 0.6) is 0 Å². The van der Waals surface area contributed by atoms with Gasteiger partial charge in [0.25, 0.3) is 0 Å². The summed E-state index contributed by atoms with van der Waals surface area (Å²) >= 11 is 5.93. The van der Waals surface area contributed by atoms with Crippen molar-refractivity contribution < 1.29 is 4.39 Å². The van der Waals surface area contributed by atoms with Gasteiger partial charge in [0.1, 0.15) is 5.82 Å². The number of anilines is 2. The molecule has 5 nitrogen and oxygen atoms in total. The summed E-state index contributed by atoms with van der Waals surface area (Å²) in [6.07, 6.45) is 7.29. The van der Waals surface area contributed by atoms with Crippen LogP contribution in [0.25, 0.3) is 27.8 Å². The Morgan fingerprint density at radius 1 is 1.11 bits per heavy atom. The minimum absolute atomic E-state index is 0.0625. The lowest BCUT2D eigenvalue weighted by molar-refractivity contribution is 0.628. The minimum atomic E-state index is -0.456. The van der Waals surface area contributed by atoms with Crippen molar-refractivity contribution in [3.05, 3.63) is 78.1 Å². The summed E-state index contributed by atoms with van der Waals surface area (Å²) in [7, 11) is 0. The molecule has 0 amide bonds. The smallest absolute Gasteiger partial charge is 0.180 e. The van der Waals surface area contributed by atoms with Gasteiger partial charge < -0.3 is 14.7 Å². The minimum Gasteiger partial charge on any atom is -0.361 e. The second-order valence-corrected chi connectivity index (χ2v) is 6.57. The number of benzene rings is 2. The molecule has 2 N–H and O–H groups in total. The van der Waals surface area contributed by atoms with Crippen LogP contribution in [-0.2, 0) is 0 Å². The van der Waals surface area contributed by atoms with Gasteiger partial charge in [0.2, 0.25) is 0 Å². The summed E-state index contributed by atoms with van der Waals surface area (Å²) in [5, 5.41) is 4.50. The summed E-state index contributed by atoms with van der Waals surface area (Å²) in [6, 6.07) is 12.6. The van der Waals surface area contributed by atoms with E-state index in [4.69, 9.17) is 16.6 Å². The predicted octanol–water partition coefficient (Wildman–Crippen LogP) is 5.41. The number of hydrogen-bond donors (Lipinski definition) is 2. The zero-order chi connectivity index (χ0) is 18.4. The van der Waals surface area contributed by atoms with Gasteiger partial charge in [-0.15, -0.1) is 0 Å². The number of nitrogens with one attached hydrogen (secondary N) is 2. The average Bonchev–Trinajstić information content (AvgIpc) is 3.32. The van der Waals surface area contributed by atoms with E-state index in [1.165, 1.54) is 6.07 Å². The van der Waals surface area contributed by atoms with Crippen molar-refractivity contribution in [3.63, 3.8) is 0 Å². The maximum Gasteiger partial charge on any atom is 0.180 e. The van der Waals surface area contributed by atoms with E-state index in [1.54, 1.807) is 18.3 Å². The Bertz CT molecular complexity index is 1290. The van der Waals surface area contributed by atoms with Crippen LogP contribution in [-0.4, -0.2) is 19.4 Å². The molecule has 0 atom stereocenters. The van der Waals surface area contributed by atoms with Crippen LogP contribution in [0.2, 0.25) is 5.02 Å². The topological polar surface area (TPSA) is 58.0 Å². The SMILES string of the molecule is Fc1ccc(-c2cn3ccnc3c(Nc3ccc4[nH]ccc4c3)n2)cc1Cl. The van der Waals surface area contributed by atoms with E-state index in [0.29, 0.717) is 17.2 Å². The molecule has 0 saturated heterocycles. The van der Waals surface area contributed by atoms with Crippen LogP contribution >= 0.6 is 11.6 Å². The number of halogens is 2. The van der Waals surface area contributed by atoms with E-state index < -0.39 is 5.82 Å². The molecule has 3 heterocycles. The van der Waals surface area contributed by atoms with E-state index in [-0.39, 0.29) is 5.02 Å². The molecule has 5 rings (SSSR count). The highest BCUT2D eigenvalue weighted by atomic mass is 35.5. The summed E-state index contributed by atoms with van der Waals surface area (Å²) in [6.45, 7) is 0. The average molecular weight is 378 g/mol. The maximum atomic E-state index is 13.5. The Labute approximate surface area is 158 Å². The lowest BCUT2D eigenvalue weighted by Crippen LogP contribution is -2.00. The van der Waals surface area contributed by atoms with Gasteiger partial charge in [-0.25, -0.2) is 14.4 Å². The lowest BCUT2D eigenvalue weighted by atomic mass is 10.1. The number of H-pyrrole nitrogens is 1. The third kappa shape index (κ3) is 2.80. The molecule has 0 radical (unpaired) electrons. The van der Waals surface area contributed by atoms with E-state index in [1.807, 2.05) is 47.3 Å². The maximum absolute atomic E-state index is 13.5. The highest BCUT2D eigenvalue weighted by Crippen LogP contribution is 2.28. The predicted molar refractivity (Wildman–Crippen MR) is 105 cm³/mol. The van der Waals surface area contributed by atoms with Crippen molar-refractivity contribution in [2.75, 3.05) is 5.32 Å². The number of aromatic nitrogens is 4. The Hall–Kier alpha value is -3.38. The van der Waals surface area contributed by atoms with Gasteiger partial charge >= 0.3 is 0 Å². The summed E-state index contributed by atoms with van der Waals surface area (Å²) in [5.74, 6) is 0.148. The standard InChI is InChI=1S/C20H13ClFN5/c21-15-10-12(1-3-16(15)22)18-11-27-8-7-24-20(27)19(26-18)25-14-2-4-17-13(9-14)5-6-23-17/h1-11,23H,(H,25,26). The fourth-order valence-electron chi connectivity index (χ4n) is 3.08. The fourth-order valence-corrected chi connectivity index (χ4v) is 3.26. The van der Waals surface area contributed by atoms with E-state index in [2.05, 4.69) is 15.3 Å². The molecule has 3 aromatic heterocycles. The van der Waals surface area contributed by atoms with Crippen LogP contribution in [0.1, 0.15) is 0 Å². The quantitative estimate of drug-likeness (QED) is 0.441. The highest BCUT2D eigenvalue weighted by Gasteiger charge is 2.11. The largest absolute Gasteiger partial charge is 0.361 e. The lowest BCUT2D eigenvalue weighted by Gasteiger charge is -2.10. The molecule has 0 spiro atoms. The van der Waals surface area contributed by atoms with Gasteiger partial charge in [-0.2, -0.15) is 0 Å². The number of hydrogen-bond acceptors (Lipinski definition) is 3. The van der Waals surface area contributed by atoms with Crippen molar-refractivity contribution in [1.82, 2.24) is 19.4 Å². The zero-order valence-corrected chi connectivity index (χ0v) is 14.7. The third-order valence-electron chi connectivity index (χ3n) is 4.41. The number of nitrogens with zero attached hydrogens (tertiary/aromatic N) is 3. The van der Waals surface area contributed by atoms with Gasteiger partial charge in [0.15, 0.2) is 11.5 Å². The van der Waals surface area contributed by atoms with Gasteiger partial charge in [-0.1, -0.05) is 11.6 Å². The van der Waals surface area contributed by atoms with Crippen LogP contribution in [0.4, 0.5) is 15.9 Å². The molecule has 0 bridgehead atoms. The third-order valence-corrected chi connectivity index (χ3v) is 4.70. The van der Waals surface area contributed by atoms with Gasteiger partial charge in [0.05, 0.1) is 10.7 Å². The van der Waals surface area contributed by atoms with Crippen molar-refractivity contribution in [2.45, 2.75) is 0 Å². The van der Waals surface area contributed by atoms with Gasteiger partial charge in [0, 0.05) is 46.9 Å². The Kier molecular flexibility index (Phi) is 3.58. The highest BCUT2D eigenvalue weighted by molar-refractivity contribution is 6.31. The number of aromatic amines is 1. The van der Waals surface area contributed by atoms with E-state index in [0.717, 1.165) is 22.2 Å². The molecule has 27 heavy (non-hydrogen) atoms. The summed E-state index contributed by atoms with van der Waals surface area (Å²) in [5.41, 5.74) is 4.04. The summed E-state index contributed by atoms with van der Waals surface area (Å²) in [4.78, 5) is 12.2. The van der Waals surface area contributed by atoms with E-state index in [9.17, 15) is 4.39 Å². The molecule has 2 aromatic carbocycles. The Morgan fingerprint density at radius 3 is 2.93 bits per heavy atom. The molecular weight excluding hydrogens is 365 g/mol. The van der Waals surface area contributed by atoms with E-state index >= 15 is 0 Å². The Balaban J connectivity index is 1.62. The van der Waals surface area contributed by atoms with Crippen molar-refractivity contribution >= 4 is 39.7 Å². The zero-order valence-electron chi connectivity index (χ0n) is 13.9. The molecule has 0 aliphatic heterocycles. The van der Waals surface area contributed by atoms with Crippen molar-refractivity contribution in [3.8, 4) is 11.3 Å². The van der Waals surface area contributed by atoms with Crippen molar-refractivity contribution in [1.29, 1.82) is 0 Å². The van der Waals surface area contributed by atoms with Crippen LogP contribution in [0, 0.1) is 5.82 Å². The molecule has 0 fully saturated rings. The van der Waals surface area contributed by atoms with Crippen LogP contribution in [0.3, 0.4) is 0 Å². The molecule has 0 unspecified atom stereocenters. The molecule has 5 aromatic rings. The van der Waals surface area contributed by atoms with Crippen LogP contribution < -0.4 is 5.32 Å². The van der Waals surface area contributed by atoms with Gasteiger partial charge in [-0.3, -0.25) is 0 Å². The second kappa shape index (κ2) is 6.10. The molecule has 0 saturated carbocycles. The molecule has 7 heteroatoms. The Morgan fingerprint density at radius 2 is 2.04 bits per heavy atom. The summed E-state index contributed by atoms with van der Waals surface area (Å²) < 4.78 is 15.4. The second-order valence-electron chi connectivity index (χ2n) is 6.17. The molecule has 132 valence electrons. The fraction of sp³-hybridized carbons (Fsp3) is 0. The van der Waals surface area contributed by atoms with Crippen LogP contribution in [0.15, 0.2) is 67.3 Å². The molecular formula is C20H13ClFN5. The number of imidazole rings is 1. The first-order chi connectivity index (χ1) is 13.2. The normalized spacial score (nSPS) is 11.3. The molecule has 0 aliphatic carbocycles. The number of rotatable bonds is 3. The monoisotopic (exact) mass is 377 g/mol. The van der Waals surface area contributed by atoms with Gasteiger partial charge in [-0.05, 0) is 42.5 Å². The first-order valence-electron chi connectivity index (χ1n) is 8.31. The number of fused-ring (bicyclic) bond motifs is 2. The van der Waals surface area contributed by atoms with Crippen molar-refractivity contribution in [2.24, 2.45) is 0 Å². The first kappa shape index (κ1) is 15.8.